The summed E-state index contributed by atoms with van der Waals surface area (Å²) in [5.74, 6) is 0.554. The van der Waals surface area contributed by atoms with Crippen LogP contribution in [0, 0.1) is 13.8 Å². The smallest absolute Gasteiger partial charge is 0.247 e. The minimum absolute atomic E-state index is 0.554. The lowest BCUT2D eigenvalue weighted by Crippen LogP contribution is -1.89. The summed E-state index contributed by atoms with van der Waals surface area (Å²) in [6.45, 7) is 3.96. The van der Waals surface area contributed by atoms with Gasteiger partial charge in [0.2, 0.25) is 11.6 Å². The highest BCUT2D eigenvalue weighted by atomic mass is 16.4. The van der Waals surface area contributed by atoms with Crippen LogP contribution in [0.1, 0.15) is 11.1 Å². The lowest BCUT2D eigenvalue weighted by Gasteiger charge is -2.00. The molecule has 1 aromatic carbocycles. The fourth-order valence-corrected chi connectivity index (χ4v) is 1.85. The third-order valence-electron chi connectivity index (χ3n) is 3.03. The average molecular weight is 239 g/mol. The summed E-state index contributed by atoms with van der Waals surface area (Å²) in [5, 5.41) is 0. The largest absolute Gasteiger partial charge is 0.418 e. The van der Waals surface area contributed by atoms with Gasteiger partial charge in [-0.1, -0.05) is 6.07 Å². The number of oxazole rings is 1. The molecule has 0 saturated carbocycles. The van der Waals surface area contributed by atoms with E-state index in [0.29, 0.717) is 11.6 Å². The van der Waals surface area contributed by atoms with Crippen molar-refractivity contribution in [3.05, 3.63) is 41.6 Å². The number of anilines is 1. The topological polar surface area (TPSA) is 64.9 Å². The molecule has 0 amide bonds. The molecule has 3 rings (SSSR count). The molecule has 0 aliphatic carbocycles. The summed E-state index contributed by atoms with van der Waals surface area (Å²) >= 11 is 0. The standard InChI is InChI=1S/C14H13N3O/c1-8-3-4-10(7-11(8)15)13-17-12-9(2)5-6-16-14(12)18-13/h3-7H,15H2,1-2H3. The van der Waals surface area contributed by atoms with Gasteiger partial charge >= 0.3 is 0 Å². The van der Waals surface area contributed by atoms with E-state index in [-0.39, 0.29) is 0 Å². The maximum atomic E-state index is 5.90. The zero-order chi connectivity index (χ0) is 12.7. The maximum absolute atomic E-state index is 5.90. The van der Waals surface area contributed by atoms with Crippen molar-refractivity contribution >= 4 is 16.9 Å². The van der Waals surface area contributed by atoms with E-state index in [1.807, 2.05) is 38.1 Å². The third kappa shape index (κ3) is 1.62. The van der Waals surface area contributed by atoms with Crippen molar-refractivity contribution in [1.29, 1.82) is 0 Å². The lowest BCUT2D eigenvalue weighted by atomic mass is 10.1. The fraction of sp³-hybridized carbons (Fsp3) is 0.143. The van der Waals surface area contributed by atoms with E-state index in [1.54, 1.807) is 6.20 Å². The first-order valence-electron chi connectivity index (χ1n) is 5.74. The Bertz CT molecular complexity index is 731. The maximum Gasteiger partial charge on any atom is 0.247 e. The van der Waals surface area contributed by atoms with Crippen LogP contribution in [0.15, 0.2) is 34.9 Å². The van der Waals surface area contributed by atoms with Crippen molar-refractivity contribution in [2.75, 3.05) is 5.73 Å². The van der Waals surface area contributed by atoms with Crippen LogP contribution in [0.4, 0.5) is 5.69 Å². The van der Waals surface area contributed by atoms with Gasteiger partial charge in [-0.25, -0.2) is 9.97 Å². The number of rotatable bonds is 1. The molecule has 0 bridgehead atoms. The highest BCUT2D eigenvalue weighted by Crippen LogP contribution is 2.26. The highest BCUT2D eigenvalue weighted by Gasteiger charge is 2.11. The van der Waals surface area contributed by atoms with E-state index < -0.39 is 0 Å². The molecule has 2 heterocycles. The number of nitrogen functional groups attached to an aromatic ring is 1. The number of nitrogens with two attached hydrogens (primary N) is 1. The van der Waals surface area contributed by atoms with Gasteiger partial charge in [-0.05, 0) is 43.2 Å². The lowest BCUT2D eigenvalue weighted by molar-refractivity contribution is 0.608. The van der Waals surface area contributed by atoms with E-state index in [9.17, 15) is 0 Å². The molecule has 2 aromatic heterocycles. The number of hydrogen-bond donors (Lipinski definition) is 1. The molecule has 0 aliphatic heterocycles. The first-order valence-corrected chi connectivity index (χ1v) is 5.74. The zero-order valence-corrected chi connectivity index (χ0v) is 10.3. The summed E-state index contributed by atoms with van der Waals surface area (Å²) in [7, 11) is 0. The molecule has 0 unspecified atom stereocenters. The fourth-order valence-electron chi connectivity index (χ4n) is 1.85. The van der Waals surface area contributed by atoms with Crippen molar-refractivity contribution in [2.45, 2.75) is 13.8 Å². The summed E-state index contributed by atoms with van der Waals surface area (Å²) in [6.07, 6.45) is 1.72. The monoisotopic (exact) mass is 239 g/mol. The van der Waals surface area contributed by atoms with E-state index in [4.69, 9.17) is 10.2 Å². The first-order chi connectivity index (χ1) is 8.65. The molecule has 0 saturated heterocycles. The molecular formula is C14H13N3O. The minimum Gasteiger partial charge on any atom is -0.418 e. The molecule has 0 aliphatic rings. The predicted molar refractivity (Wildman–Crippen MR) is 71.1 cm³/mol. The number of fused-ring (bicyclic) bond motifs is 1. The molecule has 3 aromatic rings. The summed E-state index contributed by atoms with van der Waals surface area (Å²) < 4.78 is 5.65. The molecule has 4 heteroatoms. The van der Waals surface area contributed by atoms with Gasteiger partial charge in [-0.3, -0.25) is 0 Å². The van der Waals surface area contributed by atoms with E-state index in [1.165, 1.54) is 0 Å². The van der Waals surface area contributed by atoms with Crippen LogP contribution in [0.2, 0.25) is 0 Å². The van der Waals surface area contributed by atoms with Gasteiger partial charge in [0.15, 0.2) is 0 Å². The Hall–Kier alpha value is -2.36. The van der Waals surface area contributed by atoms with Crippen LogP contribution in [0.5, 0.6) is 0 Å². The zero-order valence-electron chi connectivity index (χ0n) is 10.3. The van der Waals surface area contributed by atoms with E-state index >= 15 is 0 Å². The number of hydrogen-bond acceptors (Lipinski definition) is 4. The van der Waals surface area contributed by atoms with Crippen molar-refractivity contribution in [3.63, 3.8) is 0 Å². The van der Waals surface area contributed by atoms with Crippen LogP contribution in [-0.2, 0) is 0 Å². The summed E-state index contributed by atoms with van der Waals surface area (Å²) in [4.78, 5) is 8.64. The normalized spacial score (nSPS) is 11.0. The number of aromatic nitrogens is 2. The molecule has 90 valence electrons. The van der Waals surface area contributed by atoms with Crippen LogP contribution in [0.25, 0.3) is 22.7 Å². The Kier molecular flexibility index (Phi) is 2.30. The van der Waals surface area contributed by atoms with Crippen LogP contribution >= 0.6 is 0 Å². The molecule has 4 nitrogen and oxygen atoms in total. The molecular weight excluding hydrogens is 226 g/mol. The van der Waals surface area contributed by atoms with E-state index in [0.717, 1.165) is 27.9 Å². The molecule has 0 spiro atoms. The Morgan fingerprint density at radius 2 is 1.94 bits per heavy atom. The Labute approximate surface area is 104 Å². The minimum atomic E-state index is 0.554. The Balaban J connectivity index is 2.19. The molecule has 0 radical (unpaired) electrons. The van der Waals surface area contributed by atoms with Crippen molar-refractivity contribution < 1.29 is 4.42 Å². The quantitative estimate of drug-likeness (QED) is 0.663. The van der Waals surface area contributed by atoms with Gasteiger partial charge in [-0.2, -0.15) is 0 Å². The Morgan fingerprint density at radius 3 is 2.67 bits per heavy atom. The Morgan fingerprint density at radius 1 is 1.11 bits per heavy atom. The van der Waals surface area contributed by atoms with E-state index in [2.05, 4.69) is 9.97 Å². The van der Waals surface area contributed by atoms with Crippen LogP contribution in [-0.4, -0.2) is 9.97 Å². The average Bonchev–Trinajstić information content (AvgIpc) is 2.78. The predicted octanol–water partition coefficient (Wildman–Crippen LogP) is 3.09. The van der Waals surface area contributed by atoms with Gasteiger partial charge in [0, 0.05) is 17.4 Å². The first kappa shape index (κ1) is 10.8. The number of pyridine rings is 1. The SMILES string of the molecule is Cc1ccc(-c2nc3c(C)ccnc3o2)cc1N. The number of aryl methyl sites for hydroxylation is 2. The van der Waals surface area contributed by atoms with Gasteiger partial charge in [0.1, 0.15) is 5.52 Å². The van der Waals surface area contributed by atoms with Crippen molar-refractivity contribution in [1.82, 2.24) is 9.97 Å². The molecule has 0 atom stereocenters. The van der Waals surface area contributed by atoms with Crippen molar-refractivity contribution in [2.24, 2.45) is 0 Å². The van der Waals surface area contributed by atoms with Crippen molar-refractivity contribution in [3.8, 4) is 11.5 Å². The van der Waals surface area contributed by atoms with Gasteiger partial charge < -0.3 is 10.2 Å². The third-order valence-corrected chi connectivity index (χ3v) is 3.03. The molecule has 18 heavy (non-hydrogen) atoms. The van der Waals surface area contributed by atoms with Gasteiger partial charge in [-0.15, -0.1) is 0 Å². The summed E-state index contributed by atoms with van der Waals surface area (Å²) in [6, 6.07) is 7.69. The van der Waals surface area contributed by atoms with Gasteiger partial charge in [0.25, 0.3) is 0 Å². The highest BCUT2D eigenvalue weighted by molar-refractivity contribution is 5.76. The van der Waals surface area contributed by atoms with Gasteiger partial charge in [0.05, 0.1) is 0 Å². The van der Waals surface area contributed by atoms with Crippen LogP contribution in [0.3, 0.4) is 0 Å². The molecule has 2 N–H and O–H groups in total. The molecule has 0 fully saturated rings. The second-order valence-electron chi connectivity index (χ2n) is 4.37. The van der Waals surface area contributed by atoms with Crippen LogP contribution < -0.4 is 5.73 Å². The summed E-state index contributed by atoms with van der Waals surface area (Å²) in [5.41, 5.74) is 11.0. The second kappa shape index (κ2) is 3.84. The number of benzene rings is 1. The number of nitrogens with zero attached hydrogens (tertiary/aromatic N) is 2. The second-order valence-corrected chi connectivity index (χ2v) is 4.37.